The molecule has 0 saturated carbocycles. The van der Waals surface area contributed by atoms with Crippen molar-refractivity contribution in [3.8, 4) is 0 Å². The van der Waals surface area contributed by atoms with Gasteiger partial charge in [-0.1, -0.05) is 0 Å². The third kappa shape index (κ3) is 2.03. The quantitative estimate of drug-likeness (QED) is 0.660. The van der Waals surface area contributed by atoms with E-state index < -0.39 is 0 Å². The van der Waals surface area contributed by atoms with Gasteiger partial charge in [-0.2, -0.15) is 0 Å². The summed E-state index contributed by atoms with van der Waals surface area (Å²) in [5, 5.41) is 0. The second kappa shape index (κ2) is 3.52. The Morgan fingerprint density at radius 2 is 2.33 bits per heavy atom. The van der Waals surface area contributed by atoms with Crippen LogP contribution in [0.25, 0.3) is 0 Å². The van der Waals surface area contributed by atoms with Gasteiger partial charge in [0.05, 0.1) is 17.1 Å². The van der Waals surface area contributed by atoms with Crippen LogP contribution < -0.4 is 0 Å². The molecule has 1 rings (SSSR count). The van der Waals surface area contributed by atoms with Crippen molar-refractivity contribution >= 4 is 17.5 Å². The Labute approximate surface area is 77.4 Å². The predicted molar refractivity (Wildman–Crippen MR) is 51.3 cm³/mol. The zero-order valence-corrected chi connectivity index (χ0v) is 8.53. The maximum absolute atomic E-state index is 11.1. The summed E-state index contributed by atoms with van der Waals surface area (Å²) in [6.07, 6.45) is 1.62. The Morgan fingerprint density at radius 1 is 1.67 bits per heavy atom. The monoisotopic (exact) mass is 186 g/mol. The number of hydrogen-bond acceptors (Lipinski definition) is 3. The van der Waals surface area contributed by atoms with Gasteiger partial charge in [-0.05, 0) is 20.8 Å². The van der Waals surface area contributed by atoms with Gasteiger partial charge in [-0.3, -0.25) is 4.79 Å². The van der Waals surface area contributed by atoms with Crippen LogP contribution in [0.2, 0.25) is 0 Å². The van der Waals surface area contributed by atoms with Crippen molar-refractivity contribution in [2.75, 3.05) is 12.4 Å². The zero-order chi connectivity index (χ0) is 9.19. The first kappa shape index (κ1) is 9.65. The number of carbonyl (C=O) groups is 1. The van der Waals surface area contributed by atoms with Gasteiger partial charge < -0.3 is 4.74 Å². The van der Waals surface area contributed by atoms with Gasteiger partial charge in [0, 0.05) is 6.08 Å². The molecule has 0 amide bonds. The fraction of sp³-hybridized carbons (Fsp3) is 0.667. The largest absolute Gasteiger partial charge is 0.497 e. The second-order valence-electron chi connectivity index (χ2n) is 3.21. The van der Waals surface area contributed by atoms with E-state index in [0.29, 0.717) is 12.4 Å². The Morgan fingerprint density at radius 3 is 2.92 bits per heavy atom. The molecule has 68 valence electrons. The molecule has 0 fully saturated rings. The molecule has 0 N–H and O–H groups in total. The van der Waals surface area contributed by atoms with Gasteiger partial charge in [0.15, 0.2) is 5.78 Å². The molecule has 0 aromatic heterocycles. The molecule has 0 unspecified atom stereocenters. The molecular formula is C9H14O2S. The van der Waals surface area contributed by atoms with Crippen molar-refractivity contribution in [3.63, 3.8) is 0 Å². The molecule has 1 heterocycles. The number of rotatable bonds is 2. The first-order valence-electron chi connectivity index (χ1n) is 4.08. The fourth-order valence-electron chi connectivity index (χ4n) is 1.06. The highest BCUT2D eigenvalue weighted by molar-refractivity contribution is 8.01. The number of allylic oxidation sites excluding steroid dienone is 1. The van der Waals surface area contributed by atoms with Crippen molar-refractivity contribution in [1.29, 1.82) is 0 Å². The average molecular weight is 186 g/mol. The lowest BCUT2D eigenvalue weighted by molar-refractivity contribution is -0.112. The summed E-state index contributed by atoms with van der Waals surface area (Å²) in [6, 6.07) is 0. The Hall–Kier alpha value is -0.440. The van der Waals surface area contributed by atoms with E-state index in [-0.39, 0.29) is 10.5 Å². The molecule has 0 bridgehead atoms. The number of ether oxygens (including phenoxy) is 1. The predicted octanol–water partition coefficient (Wildman–Crippen LogP) is 2.00. The van der Waals surface area contributed by atoms with Crippen LogP contribution >= 0.6 is 11.8 Å². The van der Waals surface area contributed by atoms with Crippen molar-refractivity contribution in [3.05, 3.63) is 11.8 Å². The number of ketones is 1. The minimum atomic E-state index is -0.0378. The van der Waals surface area contributed by atoms with Crippen molar-refractivity contribution < 1.29 is 9.53 Å². The van der Waals surface area contributed by atoms with E-state index in [1.807, 2.05) is 6.92 Å². The highest BCUT2D eigenvalue weighted by atomic mass is 32.2. The molecule has 0 atom stereocenters. The van der Waals surface area contributed by atoms with Gasteiger partial charge in [-0.15, -0.1) is 11.8 Å². The topological polar surface area (TPSA) is 26.3 Å². The van der Waals surface area contributed by atoms with E-state index in [9.17, 15) is 4.79 Å². The minimum Gasteiger partial charge on any atom is -0.497 e. The lowest BCUT2D eigenvalue weighted by atomic mass is 10.1. The molecule has 0 saturated heterocycles. The molecule has 3 heteroatoms. The normalized spacial score (nSPS) is 21.9. The van der Waals surface area contributed by atoms with Crippen molar-refractivity contribution in [1.82, 2.24) is 0 Å². The smallest absolute Gasteiger partial charge is 0.168 e. The summed E-state index contributed by atoms with van der Waals surface area (Å²) in [5.74, 6) is 1.54. The molecule has 0 radical (unpaired) electrons. The van der Waals surface area contributed by atoms with Crippen LogP contribution in [0.3, 0.4) is 0 Å². The fourth-order valence-corrected chi connectivity index (χ4v) is 1.90. The zero-order valence-electron chi connectivity index (χ0n) is 7.72. The van der Waals surface area contributed by atoms with Gasteiger partial charge in [0.1, 0.15) is 5.76 Å². The van der Waals surface area contributed by atoms with Crippen molar-refractivity contribution in [2.24, 2.45) is 0 Å². The van der Waals surface area contributed by atoms with Crippen LogP contribution in [0, 0.1) is 0 Å². The molecule has 1 aliphatic heterocycles. The first-order chi connectivity index (χ1) is 5.56. The Kier molecular flexibility index (Phi) is 2.83. The highest BCUT2D eigenvalue weighted by Gasteiger charge is 2.30. The lowest BCUT2D eigenvalue weighted by Crippen LogP contribution is -2.27. The standard InChI is InChI=1S/C9H14O2S/c1-4-11-8-5-7(10)6-12-9(8,2)3/h5H,4,6H2,1-3H3. The Bertz CT molecular complexity index is 219. The third-order valence-electron chi connectivity index (χ3n) is 1.76. The maximum Gasteiger partial charge on any atom is 0.168 e. The van der Waals surface area contributed by atoms with E-state index >= 15 is 0 Å². The molecule has 0 aromatic carbocycles. The molecule has 1 aliphatic rings. The maximum atomic E-state index is 11.1. The van der Waals surface area contributed by atoms with E-state index in [0.717, 1.165) is 5.76 Å². The van der Waals surface area contributed by atoms with Gasteiger partial charge in [0.2, 0.25) is 0 Å². The SMILES string of the molecule is CCOC1=CC(=O)CSC1(C)C. The number of carbonyl (C=O) groups excluding carboxylic acids is 1. The van der Waals surface area contributed by atoms with E-state index in [1.165, 1.54) is 0 Å². The molecule has 0 spiro atoms. The second-order valence-corrected chi connectivity index (χ2v) is 4.80. The van der Waals surface area contributed by atoms with Gasteiger partial charge >= 0.3 is 0 Å². The van der Waals surface area contributed by atoms with E-state index in [2.05, 4.69) is 13.8 Å². The molecule has 12 heavy (non-hydrogen) atoms. The molecule has 0 aliphatic carbocycles. The first-order valence-corrected chi connectivity index (χ1v) is 5.06. The molecular weight excluding hydrogens is 172 g/mol. The van der Waals surface area contributed by atoms with Crippen LogP contribution in [-0.2, 0) is 9.53 Å². The van der Waals surface area contributed by atoms with Crippen LogP contribution in [0.4, 0.5) is 0 Å². The summed E-state index contributed by atoms with van der Waals surface area (Å²) >= 11 is 1.63. The van der Waals surface area contributed by atoms with E-state index in [1.54, 1.807) is 17.8 Å². The molecule has 0 aromatic rings. The summed E-state index contributed by atoms with van der Waals surface area (Å²) in [4.78, 5) is 11.1. The van der Waals surface area contributed by atoms with Crippen LogP contribution in [0.1, 0.15) is 20.8 Å². The summed E-state index contributed by atoms with van der Waals surface area (Å²) < 4.78 is 5.35. The Balaban J connectivity index is 2.81. The van der Waals surface area contributed by atoms with Crippen LogP contribution in [0.5, 0.6) is 0 Å². The van der Waals surface area contributed by atoms with E-state index in [4.69, 9.17) is 4.74 Å². The van der Waals surface area contributed by atoms with Crippen LogP contribution in [-0.4, -0.2) is 22.9 Å². The molecule has 2 nitrogen and oxygen atoms in total. The highest BCUT2D eigenvalue weighted by Crippen LogP contribution is 2.36. The minimum absolute atomic E-state index is 0.0378. The average Bonchev–Trinajstić information content (AvgIpc) is 1.98. The number of hydrogen-bond donors (Lipinski definition) is 0. The number of thioether (sulfide) groups is 1. The summed E-state index contributed by atoms with van der Waals surface area (Å²) in [5.41, 5.74) is 0. The lowest BCUT2D eigenvalue weighted by Gasteiger charge is -2.29. The van der Waals surface area contributed by atoms with Crippen LogP contribution in [0.15, 0.2) is 11.8 Å². The summed E-state index contributed by atoms with van der Waals surface area (Å²) in [7, 11) is 0. The van der Waals surface area contributed by atoms with Crippen molar-refractivity contribution in [2.45, 2.75) is 25.5 Å². The van der Waals surface area contributed by atoms with Gasteiger partial charge in [0.25, 0.3) is 0 Å². The summed E-state index contributed by atoms with van der Waals surface area (Å²) in [6.45, 7) is 6.71. The van der Waals surface area contributed by atoms with Gasteiger partial charge in [-0.25, -0.2) is 0 Å². The third-order valence-corrected chi connectivity index (χ3v) is 3.11.